The highest BCUT2D eigenvalue weighted by Crippen LogP contribution is 2.39. The van der Waals surface area contributed by atoms with E-state index in [-0.39, 0.29) is 5.54 Å². The summed E-state index contributed by atoms with van der Waals surface area (Å²) in [5.74, 6) is 6.68. The molecule has 0 unspecified atom stereocenters. The Balaban J connectivity index is 2.24. The molecule has 6 heteroatoms. The summed E-state index contributed by atoms with van der Waals surface area (Å²) in [6.45, 7) is 2.16. The van der Waals surface area contributed by atoms with Crippen molar-refractivity contribution in [2.45, 2.75) is 25.3 Å². The van der Waals surface area contributed by atoms with E-state index in [9.17, 15) is 0 Å². The third kappa shape index (κ3) is 1.80. The molecule has 1 heterocycles. The quantitative estimate of drug-likeness (QED) is 0.565. The third-order valence-corrected chi connectivity index (χ3v) is 3.10. The lowest BCUT2D eigenvalue weighted by molar-refractivity contribution is 0.817. The minimum absolute atomic E-state index is 0.197. The Morgan fingerprint density at radius 3 is 2.64 bits per heavy atom. The van der Waals surface area contributed by atoms with Gasteiger partial charge >= 0.3 is 0 Å². The van der Waals surface area contributed by atoms with Crippen LogP contribution in [0.1, 0.15) is 19.8 Å². The molecule has 0 aromatic carbocycles. The van der Waals surface area contributed by atoms with Crippen molar-refractivity contribution in [3.63, 3.8) is 0 Å². The smallest absolute Gasteiger partial charge is 0.159 e. The molecule has 76 valence electrons. The van der Waals surface area contributed by atoms with Crippen LogP contribution >= 0.6 is 15.9 Å². The summed E-state index contributed by atoms with van der Waals surface area (Å²) < 4.78 is 0.774. The van der Waals surface area contributed by atoms with Gasteiger partial charge < -0.3 is 10.7 Å². The molecule has 5 nitrogen and oxygen atoms in total. The molecule has 1 aliphatic rings. The highest BCUT2D eigenvalue weighted by Gasteiger charge is 2.38. The number of rotatable bonds is 3. The normalized spacial score (nSPS) is 17.6. The van der Waals surface area contributed by atoms with Gasteiger partial charge in [-0.3, -0.25) is 0 Å². The Morgan fingerprint density at radius 1 is 1.43 bits per heavy atom. The second kappa shape index (κ2) is 3.36. The van der Waals surface area contributed by atoms with Crippen LogP contribution in [0.2, 0.25) is 0 Å². The Labute approximate surface area is 90.6 Å². The van der Waals surface area contributed by atoms with Gasteiger partial charge in [0.1, 0.15) is 16.6 Å². The van der Waals surface area contributed by atoms with Crippen molar-refractivity contribution in [1.82, 2.24) is 9.97 Å². The summed E-state index contributed by atoms with van der Waals surface area (Å²) in [6.07, 6.45) is 3.83. The number of anilines is 2. The van der Waals surface area contributed by atoms with Gasteiger partial charge in [-0.2, -0.15) is 0 Å². The first-order valence-corrected chi connectivity index (χ1v) is 5.19. The zero-order chi connectivity index (χ0) is 10.2. The van der Waals surface area contributed by atoms with Gasteiger partial charge in [-0.15, -0.1) is 0 Å². The van der Waals surface area contributed by atoms with Gasteiger partial charge in [0.25, 0.3) is 0 Å². The predicted molar refractivity (Wildman–Crippen MR) is 58.8 cm³/mol. The molecule has 0 aliphatic heterocycles. The molecule has 1 aromatic rings. The molecule has 0 bridgehead atoms. The van der Waals surface area contributed by atoms with E-state index >= 15 is 0 Å². The SMILES string of the molecule is CC1(Nc2ncnc(NN)c2Br)CC1. The van der Waals surface area contributed by atoms with Crippen molar-refractivity contribution < 1.29 is 0 Å². The number of nitrogens with two attached hydrogens (primary N) is 1. The maximum atomic E-state index is 5.30. The summed E-state index contributed by atoms with van der Waals surface area (Å²) in [6, 6.07) is 0. The van der Waals surface area contributed by atoms with Gasteiger partial charge in [0, 0.05) is 5.54 Å². The number of nitrogens with zero attached hydrogens (tertiary/aromatic N) is 2. The second-order valence-electron chi connectivity index (χ2n) is 3.71. The Kier molecular flexibility index (Phi) is 2.32. The molecule has 1 saturated carbocycles. The van der Waals surface area contributed by atoms with Crippen LogP contribution in [0.15, 0.2) is 10.8 Å². The molecule has 0 amide bonds. The number of hydrogen-bond donors (Lipinski definition) is 3. The lowest BCUT2D eigenvalue weighted by atomic mass is 10.3. The molecule has 1 aromatic heterocycles. The van der Waals surface area contributed by atoms with Gasteiger partial charge in [-0.05, 0) is 35.7 Å². The van der Waals surface area contributed by atoms with Crippen LogP contribution < -0.4 is 16.6 Å². The van der Waals surface area contributed by atoms with Crippen LogP contribution in [-0.4, -0.2) is 15.5 Å². The molecular weight excluding hydrogens is 246 g/mol. The van der Waals surface area contributed by atoms with Crippen molar-refractivity contribution in [1.29, 1.82) is 0 Å². The number of halogens is 1. The van der Waals surface area contributed by atoms with E-state index in [1.807, 2.05) is 0 Å². The fourth-order valence-electron chi connectivity index (χ4n) is 1.16. The lowest BCUT2D eigenvalue weighted by Gasteiger charge is -2.14. The highest BCUT2D eigenvalue weighted by molar-refractivity contribution is 9.10. The Morgan fingerprint density at radius 2 is 2.07 bits per heavy atom. The van der Waals surface area contributed by atoms with Gasteiger partial charge in [0.05, 0.1) is 0 Å². The van der Waals surface area contributed by atoms with Crippen LogP contribution in [0.5, 0.6) is 0 Å². The van der Waals surface area contributed by atoms with Crippen LogP contribution in [0.4, 0.5) is 11.6 Å². The summed E-state index contributed by atoms with van der Waals surface area (Å²) in [4.78, 5) is 8.12. The summed E-state index contributed by atoms with van der Waals surface area (Å²) in [7, 11) is 0. The third-order valence-electron chi connectivity index (χ3n) is 2.35. The largest absolute Gasteiger partial charge is 0.364 e. The summed E-state index contributed by atoms with van der Waals surface area (Å²) in [5.41, 5.74) is 2.70. The zero-order valence-electron chi connectivity index (χ0n) is 7.84. The van der Waals surface area contributed by atoms with E-state index in [1.165, 1.54) is 19.2 Å². The average molecular weight is 258 g/mol. The Hall–Kier alpha value is -0.880. The van der Waals surface area contributed by atoms with Gasteiger partial charge in [0.2, 0.25) is 0 Å². The average Bonchev–Trinajstić information content (AvgIpc) is 2.88. The van der Waals surface area contributed by atoms with Gasteiger partial charge in [0.15, 0.2) is 5.82 Å². The standard InChI is InChI=1S/C8H12BrN5/c1-8(2-3-8)13-6-5(9)7(14-10)12-4-11-6/h4H,2-3,10H2,1H3,(H2,11,12,13,14). The first-order valence-electron chi connectivity index (χ1n) is 4.40. The number of nitrogens with one attached hydrogen (secondary N) is 2. The molecule has 14 heavy (non-hydrogen) atoms. The van der Waals surface area contributed by atoms with Crippen molar-refractivity contribution >= 4 is 27.6 Å². The molecule has 1 fully saturated rings. The van der Waals surface area contributed by atoms with E-state index < -0.39 is 0 Å². The molecule has 0 saturated heterocycles. The molecule has 2 rings (SSSR count). The van der Waals surface area contributed by atoms with E-state index in [2.05, 4.69) is 43.6 Å². The number of nitrogen functional groups attached to an aromatic ring is 1. The Bertz CT molecular complexity index is 350. The van der Waals surface area contributed by atoms with Crippen molar-refractivity contribution in [2.75, 3.05) is 10.7 Å². The first kappa shape index (κ1) is 9.67. The minimum Gasteiger partial charge on any atom is -0.364 e. The predicted octanol–water partition coefficient (Wildman–Crippen LogP) is 1.49. The number of hydrazine groups is 1. The molecule has 0 radical (unpaired) electrons. The minimum atomic E-state index is 0.197. The molecule has 0 atom stereocenters. The monoisotopic (exact) mass is 257 g/mol. The highest BCUT2D eigenvalue weighted by atomic mass is 79.9. The maximum Gasteiger partial charge on any atom is 0.159 e. The first-order chi connectivity index (χ1) is 6.64. The topological polar surface area (TPSA) is 75.9 Å². The molecular formula is C8H12BrN5. The zero-order valence-corrected chi connectivity index (χ0v) is 9.43. The van der Waals surface area contributed by atoms with Crippen LogP contribution in [-0.2, 0) is 0 Å². The maximum absolute atomic E-state index is 5.30. The second-order valence-corrected chi connectivity index (χ2v) is 4.51. The van der Waals surface area contributed by atoms with Crippen molar-refractivity contribution in [3.8, 4) is 0 Å². The molecule has 0 spiro atoms. The van der Waals surface area contributed by atoms with E-state index in [1.54, 1.807) is 0 Å². The van der Waals surface area contributed by atoms with Crippen LogP contribution in [0.3, 0.4) is 0 Å². The fourth-order valence-corrected chi connectivity index (χ4v) is 1.57. The van der Waals surface area contributed by atoms with E-state index in [0.717, 1.165) is 10.3 Å². The van der Waals surface area contributed by atoms with Crippen LogP contribution in [0.25, 0.3) is 0 Å². The van der Waals surface area contributed by atoms with Gasteiger partial charge in [-0.1, -0.05) is 0 Å². The fraction of sp³-hybridized carbons (Fsp3) is 0.500. The molecule has 4 N–H and O–H groups in total. The van der Waals surface area contributed by atoms with Crippen molar-refractivity contribution in [2.24, 2.45) is 5.84 Å². The molecule has 1 aliphatic carbocycles. The number of hydrogen-bond acceptors (Lipinski definition) is 5. The lowest BCUT2D eigenvalue weighted by Crippen LogP contribution is -2.18. The van der Waals surface area contributed by atoms with E-state index in [4.69, 9.17) is 5.84 Å². The van der Waals surface area contributed by atoms with Crippen LogP contribution in [0, 0.1) is 0 Å². The summed E-state index contributed by atoms with van der Waals surface area (Å²) in [5, 5.41) is 3.34. The number of aromatic nitrogens is 2. The van der Waals surface area contributed by atoms with E-state index in [0.29, 0.717) is 5.82 Å². The summed E-state index contributed by atoms with van der Waals surface area (Å²) >= 11 is 3.39. The van der Waals surface area contributed by atoms with Crippen molar-refractivity contribution in [3.05, 3.63) is 10.8 Å². The van der Waals surface area contributed by atoms with Gasteiger partial charge in [-0.25, -0.2) is 15.8 Å².